The molecule has 4 amide bonds. The van der Waals surface area contributed by atoms with Crippen LogP contribution in [-0.4, -0.2) is 248 Å². The molecule has 6 aliphatic heterocycles. The molecule has 0 spiro atoms. The Balaban J connectivity index is -0.000000166. The Morgan fingerprint density at radius 1 is 0.557 bits per heavy atom. The minimum atomic E-state index is -1.17. The van der Waals surface area contributed by atoms with Gasteiger partial charge in [-0.15, -0.1) is 0 Å². The van der Waals surface area contributed by atoms with Crippen molar-refractivity contribution in [1.82, 2.24) is 24.9 Å². The Morgan fingerprint density at radius 3 is 1.32 bits per heavy atom. The summed E-state index contributed by atoms with van der Waals surface area (Å²) in [5.74, 6) is -1.08. The molecule has 6 rings (SSSR count). The van der Waals surface area contributed by atoms with Crippen LogP contribution in [0.2, 0.25) is 0 Å². The molecule has 6 fully saturated rings. The van der Waals surface area contributed by atoms with Crippen LogP contribution in [0.3, 0.4) is 0 Å². The molecule has 7 unspecified atom stereocenters. The molecule has 3 radical (unpaired) electrons. The fourth-order valence-electron chi connectivity index (χ4n) is 9.18. The van der Waals surface area contributed by atoms with E-state index in [1.807, 2.05) is 55.4 Å². The Bertz CT molecular complexity index is 2170. The van der Waals surface area contributed by atoms with Gasteiger partial charge in [-0.2, -0.15) is 0 Å². The number of aliphatic hydroxyl groups is 4. The topological polar surface area (TPSA) is 354 Å². The number of amides is 4. The van der Waals surface area contributed by atoms with Crippen LogP contribution in [0.15, 0.2) is 0 Å². The van der Waals surface area contributed by atoms with Crippen molar-refractivity contribution >= 4 is 62.1 Å². The molecule has 559 valence electrons. The summed E-state index contributed by atoms with van der Waals surface area (Å²) in [5, 5.41) is 36.8. The summed E-state index contributed by atoms with van der Waals surface area (Å²) < 4.78 is 36.0. The molecular weight excluding hydrogens is 1300 g/mol. The smallest absolute Gasteiger partial charge is 1.00 e. The number of Topliss-reactive ketones (excluding diaryl/α,β-unsaturated/α-hetero) is 3. The number of ketones is 3. The summed E-state index contributed by atoms with van der Waals surface area (Å²) in [6, 6.07) is 0. The molecule has 7 atom stereocenters. The standard InChI is InChI=1S/C15H25NO5.C14H23NO5.C12H23NO3.C12H21NO3.C7H15NO.C4H8O.C2H6O.CH4O.CH4.B.K.Na.H2O.H/c1-6-20-12(18)15(5)8-10-16(9-7-11(15)17)13(19)21-14(2,3)4;1-5-19-12(17)10-6-8-15(9-7-11(10)16)13(18)20-14(2,3)4;2*1-9-5-7-13(8-6-10(9)14)11(15)16-12(2,3)4;1-6-2-4-8-5-3-7(6)9;1-2-4-5-3-1;1-2-3;1-2;;;;;;/h6-10H2,1-5H3;10H,5-9H2,1-4H3;9-10,14H,5-8H2,1-4H3;9H,5-8H2,1-4H3;6-9H,2-5H2,1H3;1-4H2;3H,2H2,1H3;2H,1H3;1H4;;;;1H2;/q;;;;;;;;;;2*+1;;-1/p-1. The Morgan fingerprint density at radius 2 is 0.907 bits per heavy atom. The third kappa shape index (κ3) is 49.7. The van der Waals surface area contributed by atoms with Crippen LogP contribution in [0, 0.1) is 29.1 Å². The second-order valence-corrected chi connectivity index (χ2v) is 27.7. The number of likely N-dealkylation sites (tertiary alicyclic amines) is 4. The number of aliphatic hydroxyl groups excluding tert-OH is 4. The van der Waals surface area contributed by atoms with Crippen molar-refractivity contribution in [1.29, 1.82) is 0 Å². The van der Waals surface area contributed by atoms with Gasteiger partial charge in [0.15, 0.2) is 5.78 Å². The minimum Gasteiger partial charge on any atom is -1.00 e. The van der Waals surface area contributed by atoms with Gasteiger partial charge in [-0.1, -0.05) is 28.2 Å². The van der Waals surface area contributed by atoms with E-state index in [4.69, 9.17) is 43.4 Å². The average molecular weight is 1430 g/mol. The predicted molar refractivity (Wildman–Crippen MR) is 366 cm³/mol. The van der Waals surface area contributed by atoms with Gasteiger partial charge < -0.3 is 85.4 Å². The van der Waals surface area contributed by atoms with Crippen LogP contribution in [0.1, 0.15) is 217 Å². The van der Waals surface area contributed by atoms with Gasteiger partial charge in [0.25, 0.3) is 0 Å². The second kappa shape index (κ2) is 56.0. The SMILES string of the molecule is C.C1CCOC1.CC1CCN(C(=O)OC(C)(C)C)CCC1=O.CC1CCN(C(=O)OC(C)(C)C)CCC1O.CC1CCNCCC1O.CCO.CCOC(=O)C1(C)CCN(C(=O)OC(C)(C)C)CCC1=O.CCOC(=O)C1CCN(C(=O)OC(C)(C)C)CCC1=O.CO.[B].[H-].[K+].[Na+].[OH-]. The molecule has 6 saturated heterocycles. The van der Waals surface area contributed by atoms with Crippen molar-refractivity contribution in [2.75, 3.05) is 106 Å². The monoisotopic (exact) mass is 1430 g/mol. The van der Waals surface area contributed by atoms with Gasteiger partial charge in [0.1, 0.15) is 45.3 Å². The van der Waals surface area contributed by atoms with Crippen LogP contribution < -0.4 is 86.3 Å². The normalized spacial score (nSPS) is 22.6. The molecule has 6 heterocycles. The van der Waals surface area contributed by atoms with Crippen molar-refractivity contribution in [3.05, 3.63) is 0 Å². The van der Waals surface area contributed by atoms with Crippen LogP contribution in [0.25, 0.3) is 0 Å². The number of esters is 2. The number of rotatable bonds is 4. The number of nitrogens with one attached hydrogen (secondary N) is 1. The largest absolute Gasteiger partial charge is 1.00 e. The van der Waals surface area contributed by atoms with Gasteiger partial charge in [-0.25, -0.2) is 19.2 Å². The molecule has 0 saturated carbocycles. The summed E-state index contributed by atoms with van der Waals surface area (Å²) in [4.78, 5) is 113. The van der Waals surface area contributed by atoms with Crippen LogP contribution in [0.5, 0.6) is 0 Å². The van der Waals surface area contributed by atoms with Gasteiger partial charge >= 0.3 is 117 Å². The molecule has 0 aromatic heterocycles. The van der Waals surface area contributed by atoms with Gasteiger partial charge in [0.2, 0.25) is 0 Å². The third-order valence-electron chi connectivity index (χ3n) is 14.8. The Kier molecular flexibility index (Phi) is 62.2. The minimum absolute atomic E-state index is 0. The first-order valence-electron chi connectivity index (χ1n) is 33.2. The second-order valence-electron chi connectivity index (χ2n) is 27.7. The van der Waals surface area contributed by atoms with Crippen LogP contribution in [0.4, 0.5) is 19.2 Å². The van der Waals surface area contributed by atoms with Crippen molar-refractivity contribution in [3.63, 3.8) is 0 Å². The Labute approximate surface area is 651 Å². The number of nitrogens with zero attached hydrogens (tertiary/aromatic N) is 4. The van der Waals surface area contributed by atoms with E-state index < -0.39 is 57.9 Å². The maximum atomic E-state index is 12.2. The number of hydrogen-bond donors (Lipinski definition) is 5. The van der Waals surface area contributed by atoms with E-state index in [1.165, 1.54) is 22.6 Å². The van der Waals surface area contributed by atoms with Crippen molar-refractivity contribution in [2.24, 2.45) is 29.1 Å². The maximum absolute atomic E-state index is 12.2. The summed E-state index contributed by atoms with van der Waals surface area (Å²) in [6.07, 6.45) is 6.22. The summed E-state index contributed by atoms with van der Waals surface area (Å²) in [7, 11) is 1.00. The quantitative estimate of drug-likeness (QED) is 0.117. The third-order valence-corrected chi connectivity index (χ3v) is 14.8. The number of carbonyl (C=O) groups excluding carboxylic acids is 9. The van der Waals surface area contributed by atoms with E-state index in [-0.39, 0.29) is 216 Å². The Hall–Kier alpha value is -2.55. The summed E-state index contributed by atoms with van der Waals surface area (Å²) >= 11 is 0. The van der Waals surface area contributed by atoms with Crippen molar-refractivity contribution in [2.45, 2.75) is 251 Å². The molecule has 0 bridgehead atoms. The first-order chi connectivity index (χ1) is 42.6. The number of hydrogen-bond acceptors (Lipinski definition) is 22. The van der Waals surface area contributed by atoms with E-state index in [1.54, 1.807) is 79.0 Å². The predicted octanol–water partition coefficient (Wildman–Crippen LogP) is 3.13. The molecule has 26 nitrogen and oxygen atoms in total. The van der Waals surface area contributed by atoms with Crippen LogP contribution in [-0.2, 0) is 57.1 Å². The first kappa shape index (κ1) is 108. The molecule has 6 N–H and O–H groups in total. The summed E-state index contributed by atoms with van der Waals surface area (Å²) in [6.45, 7) is 42.9. The molecule has 0 aromatic carbocycles. The number of ether oxygens (including phenoxy) is 7. The van der Waals surface area contributed by atoms with Crippen molar-refractivity contribution in [3.8, 4) is 0 Å². The van der Waals surface area contributed by atoms with Crippen LogP contribution >= 0.6 is 0 Å². The molecule has 97 heavy (non-hydrogen) atoms. The fraction of sp³-hybridized carbons (Fsp3) is 0.868. The van der Waals surface area contributed by atoms with Gasteiger partial charge in [0, 0.05) is 113 Å². The van der Waals surface area contributed by atoms with Crippen molar-refractivity contribution < 1.29 is 185 Å². The molecule has 0 aromatic rings. The van der Waals surface area contributed by atoms with E-state index in [0.29, 0.717) is 58.0 Å². The zero-order valence-electron chi connectivity index (χ0n) is 64.2. The van der Waals surface area contributed by atoms with E-state index in [9.17, 15) is 53.4 Å². The van der Waals surface area contributed by atoms with Gasteiger partial charge in [0.05, 0.1) is 25.4 Å². The molecule has 0 aliphatic carbocycles. The molecule has 29 heteroatoms. The number of carbonyl (C=O) groups is 9. The van der Waals surface area contributed by atoms with E-state index in [2.05, 4.69) is 12.2 Å². The average Bonchev–Trinajstić information content (AvgIpc) is 1.57. The maximum Gasteiger partial charge on any atom is 1.00 e. The van der Waals surface area contributed by atoms with Gasteiger partial charge in [-0.3, -0.25) is 24.0 Å². The first-order valence-corrected chi connectivity index (χ1v) is 33.2. The van der Waals surface area contributed by atoms with E-state index in [0.717, 1.165) is 59.1 Å². The zero-order valence-corrected chi connectivity index (χ0v) is 68.3. The van der Waals surface area contributed by atoms with E-state index >= 15 is 0 Å². The van der Waals surface area contributed by atoms with Gasteiger partial charge in [-0.05, 0) is 193 Å². The summed E-state index contributed by atoms with van der Waals surface area (Å²) in [5.41, 5.74) is -3.26. The molecule has 6 aliphatic rings. The molecular formula is C68H131BKN5NaO21. The fourth-order valence-corrected chi connectivity index (χ4v) is 9.18. The zero-order chi connectivity index (χ0) is 71.2.